The minimum absolute atomic E-state index is 0.847. The molecule has 8 rings (SSSR count). The minimum atomic E-state index is 0.847. The van der Waals surface area contributed by atoms with Gasteiger partial charge >= 0.3 is 0 Å². The molecule has 0 unspecified atom stereocenters. The molecular formula is C38H28N2. The predicted molar refractivity (Wildman–Crippen MR) is 171 cm³/mol. The second-order valence-electron chi connectivity index (χ2n) is 10.6. The highest BCUT2D eigenvalue weighted by Gasteiger charge is 2.25. The fraction of sp³-hybridized carbons (Fsp3) is 0.0526. The Bertz CT molecular complexity index is 2040. The Labute approximate surface area is 233 Å². The summed E-state index contributed by atoms with van der Waals surface area (Å²) in [6, 6.07) is 43.5. The standard InChI is InChI=1S/C38H28N2/c39-37-27(25-13-3-1-4-14-25)23-24-34-36(37)32-21-11-12-22-33(32)40(34)38-30-19-9-7-17-28(30)35(26-15-5-2-6-16-26)29-18-8-10-20-31(29)38/h1-11,13-21,23-24H,12,22,39H2. The summed E-state index contributed by atoms with van der Waals surface area (Å²) in [5.41, 5.74) is 17.6. The molecule has 1 aliphatic rings. The molecule has 1 heterocycles. The second-order valence-corrected chi connectivity index (χ2v) is 10.6. The van der Waals surface area contributed by atoms with E-state index < -0.39 is 0 Å². The normalized spacial score (nSPS) is 12.8. The van der Waals surface area contributed by atoms with Gasteiger partial charge in [0.2, 0.25) is 0 Å². The van der Waals surface area contributed by atoms with Crippen molar-refractivity contribution >= 4 is 44.2 Å². The third kappa shape index (κ3) is 3.29. The quantitative estimate of drug-likeness (QED) is 0.185. The number of hydrogen-bond donors (Lipinski definition) is 1. The zero-order valence-corrected chi connectivity index (χ0v) is 22.1. The van der Waals surface area contributed by atoms with Crippen molar-refractivity contribution < 1.29 is 0 Å². The first-order chi connectivity index (χ1) is 19.8. The van der Waals surface area contributed by atoms with Gasteiger partial charge in [0.15, 0.2) is 0 Å². The molecule has 6 aromatic carbocycles. The van der Waals surface area contributed by atoms with Gasteiger partial charge in [-0.25, -0.2) is 0 Å². The Morgan fingerprint density at radius 1 is 0.575 bits per heavy atom. The van der Waals surface area contributed by atoms with Gasteiger partial charge in [-0.2, -0.15) is 0 Å². The van der Waals surface area contributed by atoms with Crippen molar-refractivity contribution in [1.29, 1.82) is 0 Å². The summed E-state index contributed by atoms with van der Waals surface area (Å²) >= 11 is 0. The van der Waals surface area contributed by atoms with Crippen LogP contribution < -0.4 is 5.73 Å². The van der Waals surface area contributed by atoms with Gasteiger partial charge in [-0.1, -0.05) is 127 Å². The van der Waals surface area contributed by atoms with E-state index in [1.807, 2.05) is 0 Å². The number of nitrogens with two attached hydrogens (primary N) is 1. The molecule has 2 nitrogen and oxygen atoms in total. The summed E-state index contributed by atoms with van der Waals surface area (Å²) < 4.78 is 2.51. The van der Waals surface area contributed by atoms with Gasteiger partial charge in [0, 0.05) is 38.7 Å². The third-order valence-corrected chi connectivity index (χ3v) is 8.42. The van der Waals surface area contributed by atoms with Gasteiger partial charge in [-0.3, -0.25) is 0 Å². The molecule has 0 amide bonds. The highest BCUT2D eigenvalue weighted by Crippen LogP contribution is 2.46. The Morgan fingerprint density at radius 3 is 1.80 bits per heavy atom. The summed E-state index contributed by atoms with van der Waals surface area (Å²) in [5, 5.41) is 6.17. The molecule has 0 saturated heterocycles. The smallest absolute Gasteiger partial charge is 0.0616 e. The summed E-state index contributed by atoms with van der Waals surface area (Å²) in [4.78, 5) is 0. The first-order valence-electron chi connectivity index (χ1n) is 14.0. The Balaban J connectivity index is 1.54. The van der Waals surface area contributed by atoms with Crippen molar-refractivity contribution in [2.45, 2.75) is 12.8 Å². The molecule has 40 heavy (non-hydrogen) atoms. The highest BCUT2D eigenvalue weighted by molar-refractivity contribution is 6.19. The average Bonchev–Trinajstić information content (AvgIpc) is 3.35. The van der Waals surface area contributed by atoms with Gasteiger partial charge in [-0.15, -0.1) is 0 Å². The van der Waals surface area contributed by atoms with Crippen LogP contribution in [0.15, 0.2) is 127 Å². The van der Waals surface area contributed by atoms with E-state index in [1.54, 1.807) is 0 Å². The SMILES string of the molecule is Nc1c(-c2ccccc2)ccc2c1c1c(n2-c2c3ccccc3c(-c3ccccc3)c3ccccc23)CCC=C1. The van der Waals surface area contributed by atoms with E-state index >= 15 is 0 Å². The molecule has 7 aromatic rings. The lowest BCUT2D eigenvalue weighted by Crippen LogP contribution is -2.05. The lowest BCUT2D eigenvalue weighted by atomic mass is 9.90. The molecule has 0 atom stereocenters. The van der Waals surface area contributed by atoms with Crippen LogP contribution in [0.25, 0.3) is 66.5 Å². The molecular weight excluding hydrogens is 484 g/mol. The van der Waals surface area contributed by atoms with E-state index in [4.69, 9.17) is 5.73 Å². The fourth-order valence-corrected chi connectivity index (χ4v) is 6.72. The van der Waals surface area contributed by atoms with Crippen molar-refractivity contribution in [2.24, 2.45) is 0 Å². The molecule has 1 aromatic heterocycles. The van der Waals surface area contributed by atoms with Crippen molar-refractivity contribution in [3.05, 3.63) is 139 Å². The topological polar surface area (TPSA) is 30.9 Å². The monoisotopic (exact) mass is 512 g/mol. The van der Waals surface area contributed by atoms with Crippen LogP contribution in [0.5, 0.6) is 0 Å². The van der Waals surface area contributed by atoms with Crippen molar-refractivity contribution in [3.63, 3.8) is 0 Å². The van der Waals surface area contributed by atoms with Gasteiger partial charge in [0.05, 0.1) is 11.2 Å². The van der Waals surface area contributed by atoms with E-state index in [0.29, 0.717) is 0 Å². The van der Waals surface area contributed by atoms with Crippen molar-refractivity contribution in [2.75, 3.05) is 5.73 Å². The van der Waals surface area contributed by atoms with E-state index in [-0.39, 0.29) is 0 Å². The Morgan fingerprint density at radius 2 is 1.15 bits per heavy atom. The summed E-state index contributed by atoms with van der Waals surface area (Å²) in [6.45, 7) is 0. The molecule has 0 aliphatic heterocycles. The van der Waals surface area contributed by atoms with Crippen LogP contribution in [0.2, 0.25) is 0 Å². The molecule has 2 N–H and O–H groups in total. The lowest BCUT2D eigenvalue weighted by Gasteiger charge is -2.21. The predicted octanol–water partition coefficient (Wildman–Crippen LogP) is 9.81. The minimum Gasteiger partial charge on any atom is -0.398 e. The number of allylic oxidation sites excluding steroid dienone is 1. The molecule has 1 aliphatic carbocycles. The number of benzene rings is 6. The number of fused-ring (bicyclic) bond motifs is 5. The fourth-order valence-electron chi connectivity index (χ4n) is 6.72. The number of nitrogens with zero attached hydrogens (tertiary/aromatic N) is 1. The van der Waals surface area contributed by atoms with Crippen LogP contribution in [0, 0.1) is 0 Å². The largest absolute Gasteiger partial charge is 0.398 e. The van der Waals surface area contributed by atoms with Crippen LogP contribution in [0.3, 0.4) is 0 Å². The molecule has 0 radical (unpaired) electrons. The van der Waals surface area contributed by atoms with Crippen LogP contribution in [-0.2, 0) is 6.42 Å². The van der Waals surface area contributed by atoms with Gasteiger partial charge < -0.3 is 10.3 Å². The Hall–Kier alpha value is -5.08. The Kier molecular flexibility index (Phi) is 5.14. The zero-order chi connectivity index (χ0) is 26.6. The molecule has 0 spiro atoms. The second kappa shape index (κ2) is 9.00. The molecule has 0 bridgehead atoms. The maximum absolute atomic E-state index is 7.04. The van der Waals surface area contributed by atoms with Crippen molar-refractivity contribution in [3.8, 4) is 27.9 Å². The summed E-state index contributed by atoms with van der Waals surface area (Å²) in [5.74, 6) is 0. The van der Waals surface area contributed by atoms with Crippen LogP contribution in [0.4, 0.5) is 5.69 Å². The third-order valence-electron chi connectivity index (χ3n) is 8.42. The first-order valence-corrected chi connectivity index (χ1v) is 14.0. The lowest BCUT2D eigenvalue weighted by molar-refractivity contribution is 0.894. The van der Waals surface area contributed by atoms with Crippen LogP contribution >= 0.6 is 0 Å². The molecule has 2 heteroatoms. The molecule has 190 valence electrons. The zero-order valence-electron chi connectivity index (χ0n) is 22.1. The highest BCUT2D eigenvalue weighted by atomic mass is 15.0. The summed E-state index contributed by atoms with van der Waals surface area (Å²) in [6.07, 6.45) is 6.57. The number of rotatable bonds is 3. The average molecular weight is 513 g/mol. The molecule has 0 fully saturated rings. The van der Waals surface area contributed by atoms with Gasteiger partial charge in [0.25, 0.3) is 0 Å². The van der Waals surface area contributed by atoms with E-state index in [2.05, 4.69) is 138 Å². The number of aromatic nitrogens is 1. The molecule has 0 saturated carbocycles. The van der Waals surface area contributed by atoms with Crippen LogP contribution in [-0.4, -0.2) is 4.57 Å². The van der Waals surface area contributed by atoms with E-state index in [9.17, 15) is 0 Å². The van der Waals surface area contributed by atoms with Gasteiger partial charge in [-0.05, 0) is 46.4 Å². The number of nitrogen functional groups attached to an aromatic ring is 1. The van der Waals surface area contributed by atoms with Crippen LogP contribution in [0.1, 0.15) is 17.7 Å². The van der Waals surface area contributed by atoms with Gasteiger partial charge in [0.1, 0.15) is 0 Å². The van der Waals surface area contributed by atoms with Crippen molar-refractivity contribution in [1.82, 2.24) is 4.57 Å². The maximum atomic E-state index is 7.04. The van der Waals surface area contributed by atoms with E-state index in [1.165, 1.54) is 49.6 Å². The first kappa shape index (κ1) is 22.9. The maximum Gasteiger partial charge on any atom is 0.0616 e. The summed E-state index contributed by atoms with van der Waals surface area (Å²) in [7, 11) is 0. The number of anilines is 1. The number of hydrogen-bond acceptors (Lipinski definition) is 1. The van der Waals surface area contributed by atoms with E-state index in [0.717, 1.165) is 40.6 Å².